The van der Waals surface area contributed by atoms with Crippen molar-refractivity contribution in [2.24, 2.45) is 29.6 Å². The number of aliphatic hydroxyl groups is 1. The van der Waals surface area contributed by atoms with Crippen LogP contribution in [0.1, 0.15) is 157 Å². The second-order valence-electron chi connectivity index (χ2n) is 28.2. The van der Waals surface area contributed by atoms with E-state index < -0.39 is 47.2 Å². The molecule has 31 unspecified atom stereocenters. The van der Waals surface area contributed by atoms with E-state index in [1.807, 2.05) is 0 Å². The van der Waals surface area contributed by atoms with Crippen molar-refractivity contribution in [1.82, 2.24) is 0 Å². The van der Waals surface area contributed by atoms with Gasteiger partial charge in [0.15, 0.2) is 17.4 Å². The van der Waals surface area contributed by atoms with E-state index >= 15 is 0 Å². The molecule has 438 valence electrons. The summed E-state index contributed by atoms with van der Waals surface area (Å²) in [7, 11) is 0. The van der Waals surface area contributed by atoms with Gasteiger partial charge >= 0.3 is 5.97 Å². The van der Waals surface area contributed by atoms with E-state index in [2.05, 4.69) is 47.8 Å². The fourth-order valence-corrected chi connectivity index (χ4v) is 18.9. The van der Waals surface area contributed by atoms with E-state index in [1.165, 1.54) is 0 Å². The van der Waals surface area contributed by atoms with Crippen molar-refractivity contribution in [2.75, 3.05) is 0 Å². The Bertz CT molecular complexity index is 2420. The standard InChI is InChI=1S/C61H86O18/c1-27-14-34-8-10-39-28(2)15-36(66-39)12-13-59-26-58(7)57(79-59)56-55(76-58)54(78-59)53-40(70-56)11-9-35(68-53)16-33(62)17-37-32(6)52-45(69-42(37)19-41(67-34)31(27)5)20-44-47(72-52)24-61(73-44)25-48-51(77-61)30(4)23-60(75-48)22-29(3)50-46(74-60)18-38(63)43(71-50)21-49(64)65/h27,29-30,32,34-48,50-57,63H,2,5,8-26H2,1,3-4,6-7H3,(H,64,65). The van der Waals surface area contributed by atoms with Gasteiger partial charge in [-0.2, -0.15) is 0 Å². The van der Waals surface area contributed by atoms with Gasteiger partial charge in [0.25, 0.3) is 0 Å². The molecule has 0 aromatic rings. The second kappa shape index (κ2) is 19.5. The van der Waals surface area contributed by atoms with Crippen LogP contribution in [0.3, 0.4) is 0 Å². The molecular weight excluding hydrogens is 1020 g/mol. The molecule has 18 heteroatoms. The van der Waals surface area contributed by atoms with Crippen molar-refractivity contribution >= 4 is 11.8 Å². The van der Waals surface area contributed by atoms with E-state index in [-0.39, 0.29) is 171 Å². The molecule has 3 spiro atoms. The van der Waals surface area contributed by atoms with Gasteiger partial charge < -0.3 is 76.5 Å². The third-order valence-corrected chi connectivity index (χ3v) is 22.5. The zero-order valence-electron chi connectivity index (χ0n) is 46.9. The molecule has 0 aromatic carbocycles. The summed E-state index contributed by atoms with van der Waals surface area (Å²) in [4.78, 5) is 26.4. The number of rotatable bonds is 2. The van der Waals surface area contributed by atoms with E-state index in [9.17, 15) is 19.8 Å². The Balaban J connectivity index is 0.663. The zero-order chi connectivity index (χ0) is 54.2. The summed E-state index contributed by atoms with van der Waals surface area (Å²) in [6, 6.07) is 0. The van der Waals surface area contributed by atoms with E-state index in [0.29, 0.717) is 64.2 Å². The number of fused-ring (bicyclic) bond motifs is 10. The van der Waals surface area contributed by atoms with Crippen LogP contribution in [-0.4, -0.2) is 179 Å². The lowest BCUT2D eigenvalue weighted by Gasteiger charge is -2.54. The zero-order valence-corrected chi connectivity index (χ0v) is 46.9. The van der Waals surface area contributed by atoms with Crippen molar-refractivity contribution in [2.45, 2.75) is 314 Å². The van der Waals surface area contributed by atoms with Gasteiger partial charge in [-0.3, -0.25) is 9.59 Å². The summed E-state index contributed by atoms with van der Waals surface area (Å²) in [6.45, 7) is 20.1. The second-order valence-corrected chi connectivity index (χ2v) is 28.2. The van der Waals surface area contributed by atoms with Crippen LogP contribution in [0.4, 0.5) is 0 Å². The molecule has 31 atom stereocenters. The Hall–Kier alpha value is -1.98. The molecule has 16 aliphatic heterocycles. The van der Waals surface area contributed by atoms with E-state index in [4.69, 9.17) is 66.3 Å². The highest BCUT2D eigenvalue weighted by atomic mass is 16.8. The average Bonchev–Trinajstić information content (AvgIpc) is 4.29. The minimum atomic E-state index is -0.999. The lowest BCUT2D eigenvalue weighted by atomic mass is 9.72. The predicted octanol–water partition coefficient (Wildman–Crippen LogP) is 6.71. The molecule has 12 bridgehead atoms. The highest BCUT2D eigenvalue weighted by molar-refractivity contribution is 5.79. The van der Waals surface area contributed by atoms with Crippen molar-refractivity contribution < 1.29 is 86.1 Å². The molecule has 0 saturated carbocycles. The van der Waals surface area contributed by atoms with Crippen molar-refractivity contribution in [3.63, 3.8) is 0 Å². The van der Waals surface area contributed by atoms with E-state index in [0.717, 1.165) is 49.7 Å². The molecule has 16 saturated heterocycles. The summed E-state index contributed by atoms with van der Waals surface area (Å²) < 4.78 is 97.5. The lowest BCUT2D eigenvalue weighted by Crippen LogP contribution is -2.62. The maximum atomic E-state index is 14.8. The molecule has 16 rings (SSSR count). The Morgan fingerprint density at radius 2 is 1.27 bits per heavy atom. The first kappa shape index (κ1) is 53.7. The summed E-state index contributed by atoms with van der Waals surface area (Å²) in [5.74, 6) is -3.33. The van der Waals surface area contributed by atoms with Crippen LogP contribution < -0.4 is 0 Å². The third-order valence-electron chi connectivity index (χ3n) is 22.5. The van der Waals surface area contributed by atoms with Gasteiger partial charge in [0, 0.05) is 70.6 Å². The minimum Gasteiger partial charge on any atom is -0.481 e. The van der Waals surface area contributed by atoms with E-state index in [1.54, 1.807) is 0 Å². The van der Waals surface area contributed by atoms with Crippen LogP contribution in [0, 0.1) is 29.6 Å². The van der Waals surface area contributed by atoms with Crippen LogP contribution in [0.5, 0.6) is 0 Å². The predicted molar refractivity (Wildman–Crippen MR) is 276 cm³/mol. The normalized spacial score (nSPS) is 58.5. The SMILES string of the molecule is C=C1CC2CCC34CC5(C)OC6C(O3)C3OC(CCC3OC6C5O4)CC(=O)CC3C(CC4OC(CCC1O2)CC(C)C4=C)OC1CC2OC4(CC2OC1C3C)CC1OC2(CC(C)C3OC(CC(=O)O)C(O)CC3O2)CC(C)C1O4. The van der Waals surface area contributed by atoms with Gasteiger partial charge in [-0.25, -0.2) is 0 Å². The van der Waals surface area contributed by atoms with Crippen molar-refractivity contribution in [3.05, 3.63) is 24.3 Å². The van der Waals surface area contributed by atoms with Gasteiger partial charge in [-0.1, -0.05) is 40.9 Å². The van der Waals surface area contributed by atoms with Crippen LogP contribution >= 0.6 is 0 Å². The molecule has 16 aliphatic rings. The number of aliphatic carboxylic acids is 1. The molecule has 16 heterocycles. The molecule has 18 nitrogen and oxygen atoms in total. The van der Waals surface area contributed by atoms with Gasteiger partial charge in [-0.15, -0.1) is 0 Å². The van der Waals surface area contributed by atoms with Crippen LogP contribution in [0.15, 0.2) is 24.3 Å². The Morgan fingerprint density at radius 3 is 2.10 bits per heavy atom. The molecule has 2 N–H and O–H groups in total. The third kappa shape index (κ3) is 9.18. The topological polar surface area (TPSA) is 204 Å². The quantitative estimate of drug-likeness (QED) is 0.276. The molecule has 0 aromatic heterocycles. The fourth-order valence-electron chi connectivity index (χ4n) is 18.9. The first-order chi connectivity index (χ1) is 37.8. The van der Waals surface area contributed by atoms with Gasteiger partial charge in [0.2, 0.25) is 0 Å². The summed E-state index contributed by atoms with van der Waals surface area (Å²) in [5, 5.41) is 20.4. The first-order valence-electron chi connectivity index (χ1n) is 30.9. The van der Waals surface area contributed by atoms with Crippen LogP contribution in [0.25, 0.3) is 0 Å². The average molecular weight is 1110 g/mol. The highest BCUT2D eigenvalue weighted by Gasteiger charge is 2.73. The maximum Gasteiger partial charge on any atom is 0.306 e. The fraction of sp³-hybridized carbons (Fsp3) is 0.902. The number of hydrogen-bond acceptors (Lipinski definition) is 17. The minimum absolute atomic E-state index is 0.0136. The maximum absolute atomic E-state index is 14.8. The summed E-state index contributed by atoms with van der Waals surface area (Å²) in [5.41, 5.74) is 1.68. The Labute approximate surface area is 464 Å². The molecule has 0 radical (unpaired) electrons. The number of carbonyl (C=O) groups excluding carboxylic acids is 1. The Morgan fingerprint density at radius 1 is 0.557 bits per heavy atom. The monoisotopic (exact) mass is 1110 g/mol. The number of carbonyl (C=O) groups is 2. The smallest absolute Gasteiger partial charge is 0.306 e. The molecule has 0 amide bonds. The molecule has 16 fully saturated rings. The van der Waals surface area contributed by atoms with Gasteiger partial charge in [-0.05, 0) is 92.6 Å². The molecule has 79 heavy (non-hydrogen) atoms. The van der Waals surface area contributed by atoms with Crippen molar-refractivity contribution in [1.29, 1.82) is 0 Å². The number of ether oxygens (including phenoxy) is 14. The number of carboxylic acid groups (broad SMARTS) is 1. The lowest BCUT2D eigenvalue weighted by molar-refractivity contribution is -0.371. The van der Waals surface area contributed by atoms with Crippen LogP contribution in [0.2, 0.25) is 0 Å². The van der Waals surface area contributed by atoms with Crippen molar-refractivity contribution in [3.8, 4) is 0 Å². The Kier molecular flexibility index (Phi) is 13.3. The number of Topliss-reactive ketones (excluding diaryl/α,β-unsaturated/α-hetero) is 1. The summed E-state index contributed by atoms with van der Waals surface area (Å²) >= 11 is 0. The molecular formula is C61H86O18. The molecule has 0 aliphatic carbocycles. The number of ketones is 1. The number of carboxylic acids is 1. The first-order valence-corrected chi connectivity index (χ1v) is 30.9. The largest absolute Gasteiger partial charge is 0.481 e. The summed E-state index contributed by atoms with van der Waals surface area (Å²) in [6.07, 6.45) is 4.41. The van der Waals surface area contributed by atoms with Gasteiger partial charge in [0.1, 0.15) is 41.9 Å². The van der Waals surface area contributed by atoms with Crippen LogP contribution in [-0.2, 0) is 75.9 Å². The highest BCUT2D eigenvalue weighted by Crippen LogP contribution is 2.60. The van der Waals surface area contributed by atoms with Gasteiger partial charge in [0.05, 0.1) is 110 Å². The number of hydrogen-bond donors (Lipinski definition) is 2. The number of aliphatic hydroxyl groups excluding tert-OH is 1.